The maximum atomic E-state index is 12.1. The van der Waals surface area contributed by atoms with Crippen LogP contribution in [0.5, 0.6) is 0 Å². The third-order valence-electron chi connectivity index (χ3n) is 2.81. The predicted molar refractivity (Wildman–Crippen MR) is 74.3 cm³/mol. The van der Waals surface area contributed by atoms with E-state index < -0.39 is 0 Å². The van der Waals surface area contributed by atoms with Gasteiger partial charge in [0.2, 0.25) is 5.78 Å². The summed E-state index contributed by atoms with van der Waals surface area (Å²) in [5.41, 5.74) is 7.60. The highest BCUT2D eigenvalue weighted by atomic mass is 79.9. The minimum atomic E-state index is 0.0461. The zero-order valence-electron chi connectivity index (χ0n) is 10.1. The summed E-state index contributed by atoms with van der Waals surface area (Å²) in [6.07, 6.45) is 1.82. The fourth-order valence-electron chi connectivity index (χ4n) is 1.70. The summed E-state index contributed by atoms with van der Waals surface area (Å²) in [6.45, 7) is 2.19. The van der Waals surface area contributed by atoms with Gasteiger partial charge in [-0.2, -0.15) is 0 Å². The smallest absolute Gasteiger partial charge is 0.275 e. The molecule has 1 heterocycles. The van der Waals surface area contributed by atoms with Gasteiger partial charge < -0.3 is 0 Å². The van der Waals surface area contributed by atoms with E-state index in [1.54, 1.807) is 16.7 Å². The molecule has 3 nitrogen and oxygen atoms in total. The summed E-state index contributed by atoms with van der Waals surface area (Å²) in [7, 11) is 0. The molecular formula is C14H14BrN2O+. The Balaban J connectivity index is 2.21. The molecule has 0 saturated carbocycles. The average molecular weight is 306 g/mol. The van der Waals surface area contributed by atoms with Crippen molar-refractivity contribution in [2.24, 2.45) is 0 Å². The highest BCUT2D eigenvalue weighted by molar-refractivity contribution is 9.10. The number of aryl methyl sites for hydroxylation is 1. The zero-order chi connectivity index (χ0) is 13.1. The van der Waals surface area contributed by atoms with Crippen molar-refractivity contribution in [2.75, 3.05) is 5.73 Å². The van der Waals surface area contributed by atoms with Crippen LogP contribution in [0, 0.1) is 6.92 Å². The van der Waals surface area contributed by atoms with E-state index in [1.165, 1.54) is 0 Å². The lowest BCUT2D eigenvalue weighted by molar-refractivity contribution is -0.669. The second-order valence-electron chi connectivity index (χ2n) is 4.13. The van der Waals surface area contributed by atoms with Crippen molar-refractivity contribution in [3.05, 3.63) is 58.2 Å². The Bertz CT molecular complexity index is 579. The molecule has 1 aromatic heterocycles. The summed E-state index contributed by atoms with van der Waals surface area (Å²) >= 11 is 3.35. The Morgan fingerprint density at radius 1 is 1.28 bits per heavy atom. The number of nitrogens with zero attached hydrogens (tertiary/aromatic N) is 1. The SMILES string of the molecule is Cc1ccc[n+](CC(=O)c2ccc(Br)cc2)c1N. The van der Waals surface area contributed by atoms with Crippen LogP contribution in [0.2, 0.25) is 0 Å². The van der Waals surface area contributed by atoms with Crippen LogP contribution < -0.4 is 10.3 Å². The molecule has 0 aliphatic heterocycles. The van der Waals surface area contributed by atoms with Crippen molar-refractivity contribution in [2.45, 2.75) is 13.5 Å². The third kappa shape index (κ3) is 2.76. The Kier molecular flexibility index (Phi) is 3.77. The number of hydrogen-bond donors (Lipinski definition) is 1. The lowest BCUT2D eigenvalue weighted by Crippen LogP contribution is -2.41. The van der Waals surface area contributed by atoms with Crippen molar-refractivity contribution >= 4 is 27.5 Å². The summed E-state index contributed by atoms with van der Waals surface area (Å²) in [5, 5.41) is 0. The Morgan fingerprint density at radius 3 is 2.61 bits per heavy atom. The molecule has 0 unspecified atom stereocenters. The molecule has 0 aliphatic carbocycles. The van der Waals surface area contributed by atoms with Gasteiger partial charge in [-0.05, 0) is 31.2 Å². The molecule has 0 radical (unpaired) electrons. The van der Waals surface area contributed by atoms with Gasteiger partial charge in [-0.15, -0.1) is 0 Å². The van der Waals surface area contributed by atoms with Gasteiger partial charge >= 0.3 is 0 Å². The molecule has 2 rings (SSSR count). The van der Waals surface area contributed by atoms with Crippen molar-refractivity contribution < 1.29 is 9.36 Å². The van der Waals surface area contributed by atoms with Crippen LogP contribution in [-0.2, 0) is 6.54 Å². The maximum absolute atomic E-state index is 12.1. The number of anilines is 1. The number of ketones is 1. The van der Waals surface area contributed by atoms with Crippen LogP contribution in [0.1, 0.15) is 15.9 Å². The van der Waals surface area contributed by atoms with E-state index in [1.807, 2.05) is 37.4 Å². The van der Waals surface area contributed by atoms with Gasteiger partial charge in [-0.25, -0.2) is 4.57 Å². The second kappa shape index (κ2) is 5.31. The topological polar surface area (TPSA) is 47.0 Å². The molecule has 0 aliphatic rings. The average Bonchev–Trinajstić information content (AvgIpc) is 2.36. The van der Waals surface area contributed by atoms with Crippen LogP contribution >= 0.6 is 15.9 Å². The largest absolute Gasteiger partial charge is 0.290 e. The molecule has 2 aromatic rings. The fraction of sp³-hybridized carbons (Fsp3) is 0.143. The molecule has 0 amide bonds. The molecule has 0 spiro atoms. The van der Waals surface area contributed by atoms with Crippen LogP contribution in [0.25, 0.3) is 0 Å². The summed E-state index contributed by atoms with van der Waals surface area (Å²) in [6, 6.07) is 11.1. The van der Waals surface area contributed by atoms with Gasteiger partial charge in [-0.3, -0.25) is 10.5 Å². The van der Waals surface area contributed by atoms with E-state index in [-0.39, 0.29) is 12.3 Å². The molecule has 2 N–H and O–H groups in total. The summed E-state index contributed by atoms with van der Waals surface area (Å²) in [4.78, 5) is 12.1. The molecule has 0 atom stereocenters. The molecule has 1 aromatic carbocycles. The van der Waals surface area contributed by atoms with E-state index in [0.29, 0.717) is 11.4 Å². The minimum absolute atomic E-state index is 0.0461. The maximum Gasteiger partial charge on any atom is 0.275 e. The lowest BCUT2D eigenvalue weighted by atomic mass is 10.1. The monoisotopic (exact) mass is 305 g/mol. The third-order valence-corrected chi connectivity index (χ3v) is 3.33. The second-order valence-corrected chi connectivity index (χ2v) is 5.05. The van der Waals surface area contributed by atoms with Crippen molar-refractivity contribution in [1.82, 2.24) is 0 Å². The van der Waals surface area contributed by atoms with Crippen LogP contribution in [0.15, 0.2) is 47.1 Å². The summed E-state index contributed by atoms with van der Waals surface area (Å²) < 4.78 is 2.72. The number of halogens is 1. The molecule has 0 bridgehead atoms. The van der Waals surface area contributed by atoms with E-state index >= 15 is 0 Å². The first kappa shape index (κ1) is 12.8. The van der Waals surface area contributed by atoms with E-state index in [0.717, 1.165) is 10.0 Å². The van der Waals surface area contributed by atoms with Crippen LogP contribution in [-0.4, -0.2) is 5.78 Å². The number of nitrogen functional groups attached to an aromatic ring is 1. The van der Waals surface area contributed by atoms with Gasteiger partial charge in [0.15, 0.2) is 6.54 Å². The number of hydrogen-bond acceptors (Lipinski definition) is 2. The molecule has 92 valence electrons. The first-order valence-electron chi connectivity index (χ1n) is 5.61. The van der Waals surface area contributed by atoms with Gasteiger partial charge in [0.1, 0.15) is 0 Å². The normalized spacial score (nSPS) is 10.3. The van der Waals surface area contributed by atoms with Crippen molar-refractivity contribution in [3.63, 3.8) is 0 Å². The number of carbonyl (C=O) groups excluding carboxylic acids is 1. The first-order valence-corrected chi connectivity index (χ1v) is 6.40. The summed E-state index contributed by atoms with van der Waals surface area (Å²) in [5.74, 6) is 0.674. The Hall–Kier alpha value is -1.68. The number of pyridine rings is 1. The van der Waals surface area contributed by atoms with E-state index in [9.17, 15) is 4.79 Å². The number of benzene rings is 1. The Morgan fingerprint density at radius 2 is 1.94 bits per heavy atom. The van der Waals surface area contributed by atoms with Gasteiger partial charge in [-0.1, -0.05) is 28.1 Å². The standard InChI is InChI=1S/C14H13BrN2O/c1-10-3-2-8-17(14(10)16)9-13(18)11-4-6-12(15)7-5-11/h2-8,16H,9H2,1H3/p+1. The Labute approximate surface area is 114 Å². The molecule has 18 heavy (non-hydrogen) atoms. The van der Waals surface area contributed by atoms with Crippen molar-refractivity contribution in [3.8, 4) is 0 Å². The van der Waals surface area contributed by atoms with Gasteiger partial charge in [0, 0.05) is 15.6 Å². The number of rotatable bonds is 3. The molecule has 4 heteroatoms. The van der Waals surface area contributed by atoms with E-state index in [4.69, 9.17) is 5.73 Å². The lowest BCUT2D eigenvalue weighted by Gasteiger charge is -2.04. The van der Waals surface area contributed by atoms with Crippen LogP contribution in [0.4, 0.5) is 5.82 Å². The molecular weight excluding hydrogens is 292 g/mol. The fourth-order valence-corrected chi connectivity index (χ4v) is 1.97. The predicted octanol–water partition coefficient (Wildman–Crippen LogP) is 2.51. The number of aromatic nitrogens is 1. The molecule has 0 fully saturated rings. The van der Waals surface area contributed by atoms with Gasteiger partial charge in [0.25, 0.3) is 5.82 Å². The number of nitrogens with two attached hydrogens (primary N) is 1. The van der Waals surface area contributed by atoms with Crippen molar-refractivity contribution in [1.29, 1.82) is 0 Å². The highest BCUT2D eigenvalue weighted by Crippen LogP contribution is 2.11. The highest BCUT2D eigenvalue weighted by Gasteiger charge is 2.13. The first-order chi connectivity index (χ1) is 8.58. The number of Topliss-reactive ketones (excluding diaryl/α,β-unsaturated/α-hetero) is 1. The quantitative estimate of drug-likeness (QED) is 0.699. The number of carbonyl (C=O) groups is 1. The van der Waals surface area contributed by atoms with Gasteiger partial charge in [0.05, 0.1) is 6.20 Å². The van der Waals surface area contributed by atoms with E-state index in [2.05, 4.69) is 15.9 Å². The van der Waals surface area contributed by atoms with Crippen LogP contribution in [0.3, 0.4) is 0 Å². The zero-order valence-corrected chi connectivity index (χ0v) is 11.6. The molecule has 0 saturated heterocycles. The minimum Gasteiger partial charge on any atom is -0.290 e.